The van der Waals surface area contributed by atoms with Gasteiger partial charge in [0.25, 0.3) is 5.91 Å². The van der Waals surface area contributed by atoms with Crippen molar-refractivity contribution in [1.82, 2.24) is 14.8 Å². The van der Waals surface area contributed by atoms with E-state index in [2.05, 4.69) is 48.0 Å². The van der Waals surface area contributed by atoms with Crippen molar-refractivity contribution in [3.63, 3.8) is 0 Å². The quantitative estimate of drug-likeness (QED) is 0.773. The largest absolute Gasteiger partial charge is 0.304 e. The van der Waals surface area contributed by atoms with Crippen molar-refractivity contribution in [2.75, 3.05) is 39.8 Å². The molecule has 0 aromatic heterocycles. The molecule has 2 aromatic carbocycles. The van der Waals surface area contributed by atoms with Crippen LogP contribution in [0.5, 0.6) is 0 Å². The maximum atomic E-state index is 13.2. The van der Waals surface area contributed by atoms with Gasteiger partial charge in [-0.25, -0.2) is 5.01 Å². The van der Waals surface area contributed by atoms with E-state index < -0.39 is 0 Å². The molecule has 1 atom stereocenters. The summed E-state index contributed by atoms with van der Waals surface area (Å²) >= 11 is 6.49. The van der Waals surface area contributed by atoms with Gasteiger partial charge >= 0.3 is 0 Å². The summed E-state index contributed by atoms with van der Waals surface area (Å²) in [6.07, 6.45) is 0.668. The molecule has 5 nitrogen and oxygen atoms in total. The van der Waals surface area contributed by atoms with Gasteiger partial charge in [0.2, 0.25) is 0 Å². The summed E-state index contributed by atoms with van der Waals surface area (Å²) in [6, 6.07) is 15.9. The Morgan fingerprint density at radius 3 is 2.45 bits per heavy atom. The van der Waals surface area contributed by atoms with Crippen LogP contribution in [0.25, 0.3) is 0 Å². The number of hydrogen-bond acceptors (Lipinski definition) is 4. The van der Waals surface area contributed by atoms with E-state index in [9.17, 15) is 4.79 Å². The number of amides is 1. The highest BCUT2D eigenvalue weighted by molar-refractivity contribution is 6.31. The van der Waals surface area contributed by atoms with Gasteiger partial charge in [-0.05, 0) is 31.2 Å². The number of rotatable bonds is 4. The lowest BCUT2D eigenvalue weighted by Gasteiger charge is -2.33. The molecule has 0 saturated carbocycles. The Hall–Kier alpha value is -2.21. The third-order valence-corrected chi connectivity index (χ3v) is 6.11. The van der Waals surface area contributed by atoms with Crippen LogP contribution in [0.4, 0.5) is 0 Å². The summed E-state index contributed by atoms with van der Waals surface area (Å²) in [5.74, 6) is 0.0292. The first-order chi connectivity index (χ1) is 14.0. The molecule has 1 amide bonds. The zero-order chi connectivity index (χ0) is 20.4. The lowest BCUT2D eigenvalue weighted by molar-refractivity contribution is -0.134. The maximum Gasteiger partial charge on any atom is 0.257 e. The van der Waals surface area contributed by atoms with Crippen molar-refractivity contribution in [2.24, 2.45) is 5.10 Å². The minimum absolute atomic E-state index is 0.0292. The second-order valence-corrected chi connectivity index (χ2v) is 8.38. The average molecular weight is 411 g/mol. The normalized spacial score (nSPS) is 20.7. The van der Waals surface area contributed by atoms with E-state index in [1.54, 1.807) is 5.01 Å². The molecule has 1 saturated heterocycles. The summed E-state index contributed by atoms with van der Waals surface area (Å²) in [5, 5.41) is 7.11. The Balaban J connectivity index is 1.59. The van der Waals surface area contributed by atoms with Crippen LogP contribution in [0.15, 0.2) is 53.6 Å². The van der Waals surface area contributed by atoms with Crippen LogP contribution in [0, 0.1) is 6.92 Å². The molecule has 0 radical (unpaired) electrons. The summed E-state index contributed by atoms with van der Waals surface area (Å²) in [6.45, 7) is 6.24. The lowest BCUT2D eigenvalue weighted by atomic mass is 9.98. The van der Waals surface area contributed by atoms with Crippen LogP contribution in [0.3, 0.4) is 0 Å². The van der Waals surface area contributed by atoms with Gasteiger partial charge < -0.3 is 4.90 Å². The topological polar surface area (TPSA) is 39.2 Å². The molecule has 2 heterocycles. The van der Waals surface area contributed by atoms with E-state index in [1.807, 2.05) is 24.3 Å². The first kappa shape index (κ1) is 20.1. The van der Waals surface area contributed by atoms with Crippen LogP contribution in [-0.4, -0.2) is 66.2 Å². The van der Waals surface area contributed by atoms with Gasteiger partial charge in [0.05, 0.1) is 18.3 Å². The predicted octanol–water partition coefficient (Wildman–Crippen LogP) is 3.57. The number of hydrazone groups is 1. The van der Waals surface area contributed by atoms with Crippen LogP contribution < -0.4 is 0 Å². The van der Waals surface area contributed by atoms with E-state index in [1.165, 1.54) is 5.56 Å². The third-order valence-electron chi connectivity index (χ3n) is 5.77. The predicted molar refractivity (Wildman–Crippen MR) is 117 cm³/mol. The number of benzene rings is 2. The first-order valence-electron chi connectivity index (χ1n) is 10.1. The fourth-order valence-corrected chi connectivity index (χ4v) is 4.18. The van der Waals surface area contributed by atoms with Gasteiger partial charge in [-0.15, -0.1) is 0 Å². The molecule has 4 rings (SSSR count). The Bertz CT molecular complexity index is 903. The molecular weight excluding hydrogens is 384 g/mol. The number of aryl methyl sites for hydroxylation is 1. The molecule has 0 N–H and O–H groups in total. The van der Waals surface area contributed by atoms with Gasteiger partial charge in [-0.2, -0.15) is 5.10 Å². The molecule has 2 aliphatic heterocycles. The molecule has 0 aliphatic carbocycles. The number of piperazine rings is 1. The molecule has 29 heavy (non-hydrogen) atoms. The highest BCUT2D eigenvalue weighted by Gasteiger charge is 2.35. The number of carbonyl (C=O) groups is 1. The lowest BCUT2D eigenvalue weighted by Crippen LogP contribution is -2.48. The van der Waals surface area contributed by atoms with Gasteiger partial charge in [0.1, 0.15) is 0 Å². The molecule has 6 heteroatoms. The fraction of sp³-hybridized carbons (Fsp3) is 0.391. The number of carbonyl (C=O) groups excluding carboxylic acids is 1. The second-order valence-electron chi connectivity index (χ2n) is 7.97. The van der Waals surface area contributed by atoms with Crippen molar-refractivity contribution < 1.29 is 4.79 Å². The molecule has 0 spiro atoms. The van der Waals surface area contributed by atoms with Crippen LogP contribution in [0.2, 0.25) is 5.02 Å². The number of halogens is 1. The molecule has 0 bridgehead atoms. The van der Waals surface area contributed by atoms with Crippen LogP contribution >= 0.6 is 11.6 Å². The highest BCUT2D eigenvalue weighted by Crippen LogP contribution is 2.36. The van der Waals surface area contributed by atoms with Crippen molar-refractivity contribution in [1.29, 1.82) is 0 Å². The zero-order valence-corrected chi connectivity index (χ0v) is 17.8. The molecule has 0 unspecified atom stereocenters. The molecule has 152 valence electrons. The van der Waals surface area contributed by atoms with E-state index in [-0.39, 0.29) is 11.9 Å². The van der Waals surface area contributed by atoms with E-state index in [4.69, 9.17) is 16.7 Å². The monoisotopic (exact) mass is 410 g/mol. The smallest absolute Gasteiger partial charge is 0.257 e. The van der Waals surface area contributed by atoms with Gasteiger partial charge in [-0.3, -0.25) is 9.69 Å². The van der Waals surface area contributed by atoms with Crippen LogP contribution in [-0.2, 0) is 4.79 Å². The first-order valence-corrected chi connectivity index (χ1v) is 10.5. The van der Waals surface area contributed by atoms with E-state index in [0.29, 0.717) is 18.0 Å². The summed E-state index contributed by atoms with van der Waals surface area (Å²) in [4.78, 5) is 17.7. The number of nitrogens with zero attached hydrogens (tertiary/aromatic N) is 4. The third kappa shape index (κ3) is 4.53. The second kappa shape index (κ2) is 8.66. The summed E-state index contributed by atoms with van der Waals surface area (Å²) in [7, 11) is 2.12. The Morgan fingerprint density at radius 1 is 1.07 bits per heavy atom. The molecule has 1 fully saturated rings. The minimum Gasteiger partial charge on any atom is -0.304 e. The minimum atomic E-state index is -0.167. The van der Waals surface area contributed by atoms with Gasteiger partial charge in [-0.1, -0.05) is 59.6 Å². The van der Waals surface area contributed by atoms with Gasteiger partial charge in [0.15, 0.2) is 0 Å². The Labute approximate surface area is 177 Å². The maximum absolute atomic E-state index is 13.2. The summed E-state index contributed by atoms with van der Waals surface area (Å²) < 4.78 is 0. The number of hydrogen-bond donors (Lipinski definition) is 0. The van der Waals surface area contributed by atoms with Crippen molar-refractivity contribution >= 4 is 23.2 Å². The van der Waals surface area contributed by atoms with E-state index >= 15 is 0 Å². The highest BCUT2D eigenvalue weighted by atomic mass is 35.5. The zero-order valence-electron chi connectivity index (χ0n) is 17.0. The molecule has 2 aromatic rings. The van der Waals surface area contributed by atoms with Crippen molar-refractivity contribution in [3.8, 4) is 0 Å². The van der Waals surface area contributed by atoms with E-state index in [0.717, 1.165) is 43.0 Å². The Morgan fingerprint density at radius 2 is 1.76 bits per heavy atom. The molecule has 2 aliphatic rings. The molecular formula is C23H27ClN4O. The van der Waals surface area contributed by atoms with Crippen molar-refractivity contribution in [2.45, 2.75) is 19.4 Å². The Kier molecular flexibility index (Phi) is 5.99. The average Bonchev–Trinajstić information content (AvgIpc) is 3.16. The van der Waals surface area contributed by atoms with Crippen LogP contribution in [0.1, 0.15) is 29.2 Å². The summed E-state index contributed by atoms with van der Waals surface area (Å²) in [5.41, 5.74) is 4.15. The standard InChI is InChI=1S/C23H27ClN4O/c1-17-7-9-18(10-8-17)21-15-22(19-5-3-4-6-20(19)24)28(25-21)23(29)16-27-13-11-26(2)12-14-27/h3-10,22H,11-16H2,1-2H3/t22-/m0/s1. The van der Waals surface area contributed by atoms with Crippen molar-refractivity contribution in [3.05, 3.63) is 70.2 Å². The fourth-order valence-electron chi connectivity index (χ4n) is 3.92. The van der Waals surface area contributed by atoms with Gasteiger partial charge in [0, 0.05) is 37.6 Å². The number of likely N-dealkylation sites (N-methyl/N-ethyl adjacent to an activating group) is 1. The SMILES string of the molecule is Cc1ccc(C2=NN(C(=O)CN3CCN(C)CC3)[C@H](c3ccccc3Cl)C2)cc1.